The van der Waals surface area contributed by atoms with Crippen molar-refractivity contribution >= 4 is 20.9 Å². The third kappa shape index (κ3) is 19.2. The van der Waals surface area contributed by atoms with E-state index in [-0.39, 0.29) is 0 Å². The van der Waals surface area contributed by atoms with Crippen molar-refractivity contribution in [1.29, 1.82) is 0 Å². The normalized spacial score (nSPS) is 13.1. The zero-order valence-electron chi connectivity index (χ0n) is 20.4. The molecule has 0 atom stereocenters. The van der Waals surface area contributed by atoms with E-state index in [1.165, 1.54) is 77.0 Å². The van der Waals surface area contributed by atoms with Gasteiger partial charge in [-0.3, -0.25) is 0 Å². The average Bonchev–Trinajstić information content (AvgIpc) is 2.69. The van der Waals surface area contributed by atoms with Gasteiger partial charge in [-0.25, -0.2) is 0 Å². The SMILES string of the molecule is CCCCCCCC[PH](CCCCCCCC)(CCCCCCCC)O[Se](=O)(=O)O. The number of unbranched alkanes of at least 4 members (excludes halogenated alkanes) is 15. The van der Waals surface area contributed by atoms with Crippen LogP contribution in [0.4, 0.5) is 0 Å². The Kier molecular flexibility index (Phi) is 20.4. The fourth-order valence-corrected chi connectivity index (χ4v) is 12.9. The van der Waals surface area contributed by atoms with Gasteiger partial charge in [-0.15, -0.1) is 0 Å². The molecule has 0 radical (unpaired) electrons. The number of hydrogen-bond acceptors (Lipinski definition) is 3. The molecule has 0 rings (SSSR count). The fraction of sp³-hybridized carbons (Fsp3) is 1.00. The molecule has 0 aromatic heterocycles. The molecule has 0 saturated carbocycles. The minimum atomic E-state index is -5.16. The summed E-state index contributed by atoms with van der Waals surface area (Å²) < 4.78 is 38.9. The molecule has 0 aliphatic carbocycles. The molecule has 0 aliphatic rings. The second-order valence-electron chi connectivity index (χ2n) is 9.25. The maximum atomic E-state index is 11.8. The van der Waals surface area contributed by atoms with Crippen molar-refractivity contribution < 1.29 is 15.5 Å². The van der Waals surface area contributed by atoms with Crippen molar-refractivity contribution in [3.8, 4) is 0 Å². The van der Waals surface area contributed by atoms with Crippen LogP contribution >= 0.6 is 7.49 Å². The molecule has 0 saturated heterocycles. The molecule has 1 N–H and O–H groups in total. The van der Waals surface area contributed by atoms with Crippen molar-refractivity contribution in [1.82, 2.24) is 0 Å². The van der Waals surface area contributed by atoms with Crippen LogP contribution in [0.2, 0.25) is 0 Å². The minimum absolute atomic E-state index is 0.896. The third-order valence-electron chi connectivity index (χ3n) is 6.24. The third-order valence-corrected chi connectivity index (χ3v) is 14.1. The molecule has 0 aromatic carbocycles. The molecule has 0 spiro atoms. The molecular formula is C24H53O4PSe. The van der Waals surface area contributed by atoms with Gasteiger partial charge in [0.1, 0.15) is 0 Å². The van der Waals surface area contributed by atoms with E-state index in [4.69, 9.17) is 3.61 Å². The quantitative estimate of drug-likeness (QED) is 0.0850. The van der Waals surface area contributed by atoms with E-state index in [2.05, 4.69) is 20.8 Å². The van der Waals surface area contributed by atoms with Crippen molar-refractivity contribution in [2.75, 3.05) is 18.5 Å². The van der Waals surface area contributed by atoms with Crippen LogP contribution in [-0.4, -0.2) is 36.0 Å². The van der Waals surface area contributed by atoms with Gasteiger partial charge in [0.25, 0.3) is 0 Å². The second-order valence-corrected chi connectivity index (χ2v) is 16.1. The topological polar surface area (TPSA) is 63.6 Å². The summed E-state index contributed by atoms with van der Waals surface area (Å²) in [7, 11) is -2.44. The van der Waals surface area contributed by atoms with E-state index in [9.17, 15) is 11.9 Å². The molecular weight excluding hydrogens is 462 g/mol. The molecule has 0 aliphatic heterocycles. The first kappa shape index (κ1) is 30.5. The Labute approximate surface area is 191 Å². The molecule has 0 heterocycles. The van der Waals surface area contributed by atoms with E-state index in [1.54, 1.807) is 0 Å². The van der Waals surface area contributed by atoms with Crippen LogP contribution in [0.5, 0.6) is 0 Å². The van der Waals surface area contributed by atoms with E-state index in [0.29, 0.717) is 0 Å². The van der Waals surface area contributed by atoms with Gasteiger partial charge in [0.15, 0.2) is 0 Å². The molecule has 4 nitrogen and oxygen atoms in total. The number of hydrogen-bond donors (Lipinski definition) is 1. The Hall–Kier alpha value is 0.469. The van der Waals surface area contributed by atoms with Gasteiger partial charge in [0.2, 0.25) is 0 Å². The van der Waals surface area contributed by atoms with Crippen LogP contribution in [0.3, 0.4) is 0 Å². The Balaban J connectivity index is 4.79. The molecule has 30 heavy (non-hydrogen) atoms. The zero-order chi connectivity index (χ0) is 22.6. The van der Waals surface area contributed by atoms with Gasteiger partial charge >= 0.3 is 191 Å². The summed E-state index contributed by atoms with van der Waals surface area (Å²) in [5.41, 5.74) is 0. The van der Waals surface area contributed by atoms with E-state index in [0.717, 1.165) is 57.0 Å². The van der Waals surface area contributed by atoms with Crippen LogP contribution < -0.4 is 0 Å². The molecule has 0 amide bonds. The zero-order valence-corrected chi connectivity index (χ0v) is 23.1. The monoisotopic (exact) mass is 516 g/mol. The summed E-state index contributed by atoms with van der Waals surface area (Å²) in [6.07, 6.45) is 24.4. The first-order valence-corrected chi connectivity index (χ1v) is 18.5. The predicted octanol–water partition coefficient (Wildman–Crippen LogP) is 8.04. The van der Waals surface area contributed by atoms with Crippen molar-refractivity contribution in [3.63, 3.8) is 0 Å². The second kappa shape index (κ2) is 20.1. The van der Waals surface area contributed by atoms with Crippen LogP contribution in [0.1, 0.15) is 136 Å². The molecule has 6 heteroatoms. The summed E-state index contributed by atoms with van der Waals surface area (Å²) >= 11 is -5.16. The molecule has 0 fully saturated rings. The summed E-state index contributed by atoms with van der Waals surface area (Å²) in [4.78, 5) is 0. The van der Waals surface area contributed by atoms with Crippen LogP contribution in [0.15, 0.2) is 0 Å². The predicted molar refractivity (Wildman–Crippen MR) is 133 cm³/mol. The van der Waals surface area contributed by atoms with Crippen molar-refractivity contribution in [3.05, 3.63) is 0 Å². The first-order chi connectivity index (χ1) is 14.4. The average molecular weight is 516 g/mol. The van der Waals surface area contributed by atoms with Gasteiger partial charge in [0, 0.05) is 0 Å². The Morgan fingerprint density at radius 1 is 0.533 bits per heavy atom. The fourth-order valence-electron chi connectivity index (χ4n) is 4.41. The summed E-state index contributed by atoms with van der Waals surface area (Å²) in [5.74, 6) is 0. The standard InChI is InChI=1S/C24H53O4PSe/c1-4-7-10-13-16-19-22-29(28-30(25,26)27,23-20-17-14-11-8-5-2)24-21-18-15-12-9-6-3/h29H,4-24H2,1-3H3,(H,25,26,27). The van der Waals surface area contributed by atoms with Crippen LogP contribution in [0.25, 0.3) is 0 Å². The van der Waals surface area contributed by atoms with Gasteiger partial charge in [0.05, 0.1) is 0 Å². The van der Waals surface area contributed by atoms with E-state index >= 15 is 0 Å². The Bertz CT molecular complexity index is 427. The van der Waals surface area contributed by atoms with Crippen LogP contribution in [0, 0.1) is 0 Å². The van der Waals surface area contributed by atoms with Gasteiger partial charge in [-0.2, -0.15) is 0 Å². The van der Waals surface area contributed by atoms with Gasteiger partial charge in [-0.05, 0) is 0 Å². The molecule has 184 valence electrons. The van der Waals surface area contributed by atoms with Crippen molar-refractivity contribution in [2.24, 2.45) is 0 Å². The van der Waals surface area contributed by atoms with Crippen LogP contribution in [-0.2, 0) is 11.3 Å². The Morgan fingerprint density at radius 2 is 0.800 bits per heavy atom. The van der Waals surface area contributed by atoms with Crippen molar-refractivity contribution in [2.45, 2.75) is 136 Å². The first-order valence-electron chi connectivity index (χ1n) is 13.1. The molecule has 0 aromatic rings. The summed E-state index contributed by atoms with van der Waals surface area (Å²) in [6.45, 7) is 6.67. The Morgan fingerprint density at radius 3 is 1.07 bits per heavy atom. The summed E-state index contributed by atoms with van der Waals surface area (Å²) in [6, 6.07) is 0. The van der Waals surface area contributed by atoms with Gasteiger partial charge in [-0.1, -0.05) is 0 Å². The maximum absolute atomic E-state index is 11.8. The molecule has 0 unspecified atom stereocenters. The van der Waals surface area contributed by atoms with E-state index in [1.807, 2.05) is 0 Å². The van der Waals surface area contributed by atoms with E-state index < -0.39 is 20.9 Å². The number of rotatable bonds is 23. The van der Waals surface area contributed by atoms with Gasteiger partial charge < -0.3 is 0 Å². The molecule has 0 bridgehead atoms. The summed E-state index contributed by atoms with van der Waals surface area (Å²) in [5, 5.41) is 0.